The molecule has 12 heteroatoms. The average Bonchev–Trinajstić information content (AvgIpc) is 3.67. The first-order valence-electron chi connectivity index (χ1n) is 12.1. The van der Waals surface area contributed by atoms with Gasteiger partial charge in [-0.2, -0.15) is 13.2 Å². The van der Waals surface area contributed by atoms with E-state index in [1.807, 2.05) is 30.5 Å². The molecule has 0 unspecified atom stereocenters. The van der Waals surface area contributed by atoms with Gasteiger partial charge in [0.2, 0.25) is 0 Å². The third kappa shape index (κ3) is 4.56. The molecule has 0 bridgehead atoms. The molecular formula is C28H21F3N6O2S. The number of nitrogens with one attached hydrogen (secondary N) is 1. The van der Waals surface area contributed by atoms with Gasteiger partial charge < -0.3 is 9.55 Å². The number of alkyl halides is 3. The molecule has 0 radical (unpaired) electrons. The fraction of sp³-hybridized carbons (Fsp3) is 0.107. The van der Waals surface area contributed by atoms with Crippen molar-refractivity contribution in [3.8, 4) is 33.8 Å². The summed E-state index contributed by atoms with van der Waals surface area (Å²) < 4.78 is 67.8. The number of halogens is 3. The fourth-order valence-corrected chi connectivity index (χ4v) is 5.33. The number of hydrogen-bond acceptors (Lipinski definition) is 5. The Kier molecular flexibility index (Phi) is 5.88. The summed E-state index contributed by atoms with van der Waals surface area (Å²) in [6.07, 6.45) is 0.865. The maximum atomic E-state index is 13.5. The van der Waals surface area contributed by atoms with Crippen LogP contribution in [0, 0.1) is 6.92 Å². The van der Waals surface area contributed by atoms with E-state index in [0.717, 1.165) is 28.9 Å². The highest BCUT2D eigenvalue weighted by atomic mass is 32.2. The van der Waals surface area contributed by atoms with Gasteiger partial charge in [-0.15, -0.1) is 5.10 Å². The highest BCUT2D eigenvalue weighted by Crippen LogP contribution is 2.34. The normalized spacial score (nSPS) is 12.3. The number of aromatic amines is 1. The van der Waals surface area contributed by atoms with E-state index >= 15 is 0 Å². The minimum Gasteiger partial charge on any atom is -0.361 e. The molecule has 0 saturated heterocycles. The monoisotopic (exact) mass is 562 g/mol. The van der Waals surface area contributed by atoms with Crippen molar-refractivity contribution in [2.45, 2.75) is 18.0 Å². The Morgan fingerprint density at radius 2 is 1.68 bits per heavy atom. The van der Waals surface area contributed by atoms with E-state index in [2.05, 4.69) is 20.3 Å². The van der Waals surface area contributed by atoms with Crippen molar-refractivity contribution in [2.24, 2.45) is 0 Å². The Morgan fingerprint density at radius 1 is 0.900 bits per heavy atom. The minimum absolute atomic E-state index is 0.135. The molecule has 6 rings (SSSR count). The van der Waals surface area contributed by atoms with Gasteiger partial charge >= 0.3 is 6.18 Å². The summed E-state index contributed by atoms with van der Waals surface area (Å²) in [5.74, 6) is 0.135. The van der Waals surface area contributed by atoms with E-state index in [0.29, 0.717) is 28.2 Å². The van der Waals surface area contributed by atoms with Crippen LogP contribution in [0.25, 0.3) is 44.7 Å². The van der Waals surface area contributed by atoms with Crippen molar-refractivity contribution < 1.29 is 21.6 Å². The number of sulfone groups is 1. The van der Waals surface area contributed by atoms with E-state index in [9.17, 15) is 21.6 Å². The molecule has 0 aliphatic carbocycles. The number of benzene rings is 3. The number of H-pyrrole nitrogens is 1. The van der Waals surface area contributed by atoms with Crippen LogP contribution in [-0.4, -0.2) is 44.2 Å². The van der Waals surface area contributed by atoms with Crippen LogP contribution in [0.5, 0.6) is 0 Å². The standard InChI is InChI=1S/C28H21F3N6O2S/c1-17-34-27(28(29,30)31)16-36(17)24-9-7-19(18-4-3-5-22(13-18)40(2,38)39)14-25(24)37-26(15-33-35-37)21-6-8-23-20(12-21)10-11-32-23/h3-16,32H,1-2H3. The fourth-order valence-electron chi connectivity index (χ4n) is 4.66. The van der Waals surface area contributed by atoms with Crippen molar-refractivity contribution in [2.75, 3.05) is 6.26 Å². The molecular weight excluding hydrogens is 541 g/mol. The lowest BCUT2D eigenvalue weighted by molar-refractivity contribution is -0.141. The summed E-state index contributed by atoms with van der Waals surface area (Å²) in [6.45, 7) is 1.49. The predicted molar refractivity (Wildman–Crippen MR) is 144 cm³/mol. The smallest absolute Gasteiger partial charge is 0.361 e. The lowest BCUT2D eigenvalue weighted by Crippen LogP contribution is -2.07. The molecule has 0 aliphatic rings. The molecule has 40 heavy (non-hydrogen) atoms. The van der Waals surface area contributed by atoms with Crippen LogP contribution in [0.15, 0.2) is 90.2 Å². The maximum absolute atomic E-state index is 13.5. The molecule has 0 atom stereocenters. The van der Waals surface area contributed by atoms with Crippen LogP contribution in [0.1, 0.15) is 11.5 Å². The molecule has 6 aromatic rings. The zero-order valence-corrected chi connectivity index (χ0v) is 22.0. The van der Waals surface area contributed by atoms with Gasteiger partial charge in [-0.3, -0.25) is 0 Å². The first-order chi connectivity index (χ1) is 19.0. The third-order valence-electron chi connectivity index (χ3n) is 6.63. The number of aryl methyl sites for hydroxylation is 1. The maximum Gasteiger partial charge on any atom is 0.434 e. The van der Waals surface area contributed by atoms with Crippen LogP contribution in [0.2, 0.25) is 0 Å². The summed E-state index contributed by atoms with van der Waals surface area (Å²) in [4.78, 5) is 7.03. The third-order valence-corrected chi connectivity index (χ3v) is 7.74. The second-order valence-corrected chi connectivity index (χ2v) is 11.4. The molecule has 0 fully saturated rings. The number of aromatic nitrogens is 6. The molecule has 202 valence electrons. The molecule has 0 saturated carbocycles. The van der Waals surface area contributed by atoms with E-state index in [1.165, 1.54) is 17.6 Å². The Labute approximate surface area is 226 Å². The second-order valence-electron chi connectivity index (χ2n) is 9.36. The molecule has 0 spiro atoms. The van der Waals surface area contributed by atoms with Crippen LogP contribution in [0.4, 0.5) is 13.2 Å². The number of fused-ring (bicyclic) bond motifs is 1. The predicted octanol–water partition coefficient (Wildman–Crippen LogP) is 6.00. The van der Waals surface area contributed by atoms with Gasteiger partial charge in [0.15, 0.2) is 15.5 Å². The Hall–Kier alpha value is -4.71. The molecule has 3 aromatic heterocycles. The van der Waals surface area contributed by atoms with E-state index in [-0.39, 0.29) is 10.7 Å². The Morgan fingerprint density at radius 3 is 2.42 bits per heavy atom. The SMILES string of the molecule is Cc1nc(C(F)(F)F)cn1-c1ccc(-c2cccc(S(C)(=O)=O)c2)cc1-n1nncc1-c1ccc2[nH]ccc2c1. The number of nitrogens with zero attached hydrogens (tertiary/aromatic N) is 5. The van der Waals surface area contributed by atoms with Crippen LogP contribution in [-0.2, 0) is 16.0 Å². The van der Waals surface area contributed by atoms with Gasteiger partial charge in [0.1, 0.15) is 5.82 Å². The molecule has 1 N–H and O–H groups in total. The Bertz CT molecular complexity index is 2000. The van der Waals surface area contributed by atoms with Crippen molar-refractivity contribution >= 4 is 20.7 Å². The quantitative estimate of drug-likeness (QED) is 0.278. The molecule has 8 nitrogen and oxygen atoms in total. The first-order valence-corrected chi connectivity index (χ1v) is 13.9. The number of hydrogen-bond donors (Lipinski definition) is 1. The van der Waals surface area contributed by atoms with Crippen LogP contribution < -0.4 is 0 Å². The lowest BCUT2D eigenvalue weighted by atomic mass is 10.0. The average molecular weight is 563 g/mol. The van der Waals surface area contributed by atoms with E-state index < -0.39 is 21.7 Å². The zero-order chi connectivity index (χ0) is 28.2. The zero-order valence-electron chi connectivity index (χ0n) is 21.2. The topological polar surface area (TPSA) is 98.5 Å². The number of rotatable bonds is 5. The number of imidazole rings is 1. The van der Waals surface area contributed by atoms with Crippen LogP contribution >= 0.6 is 0 Å². The summed E-state index contributed by atoms with van der Waals surface area (Å²) in [7, 11) is -3.46. The van der Waals surface area contributed by atoms with Crippen molar-refractivity contribution in [1.82, 2.24) is 29.5 Å². The molecule has 0 aliphatic heterocycles. The summed E-state index contributed by atoms with van der Waals surface area (Å²) >= 11 is 0. The highest BCUT2D eigenvalue weighted by molar-refractivity contribution is 7.90. The van der Waals surface area contributed by atoms with Gasteiger partial charge in [0.05, 0.1) is 28.2 Å². The van der Waals surface area contributed by atoms with Crippen molar-refractivity contribution in [3.63, 3.8) is 0 Å². The van der Waals surface area contributed by atoms with Crippen molar-refractivity contribution in [3.05, 3.63) is 96.8 Å². The molecule has 3 heterocycles. The van der Waals surface area contributed by atoms with Gasteiger partial charge in [0.25, 0.3) is 0 Å². The molecule has 0 amide bonds. The van der Waals surface area contributed by atoms with Gasteiger partial charge in [0, 0.05) is 35.1 Å². The van der Waals surface area contributed by atoms with Gasteiger partial charge in [-0.05, 0) is 60.5 Å². The van der Waals surface area contributed by atoms with Gasteiger partial charge in [-0.1, -0.05) is 29.5 Å². The second kappa shape index (κ2) is 9.19. The first kappa shape index (κ1) is 25.6. The Balaban J connectivity index is 1.58. The minimum atomic E-state index is -4.62. The van der Waals surface area contributed by atoms with E-state index in [1.54, 1.807) is 47.3 Å². The summed E-state index contributed by atoms with van der Waals surface area (Å²) in [5.41, 5.74) is 3.41. The largest absolute Gasteiger partial charge is 0.434 e. The summed E-state index contributed by atoms with van der Waals surface area (Å²) in [6, 6.07) is 19.3. The van der Waals surface area contributed by atoms with Crippen molar-refractivity contribution in [1.29, 1.82) is 0 Å². The molecule has 3 aromatic carbocycles. The van der Waals surface area contributed by atoms with E-state index in [4.69, 9.17) is 0 Å². The highest BCUT2D eigenvalue weighted by Gasteiger charge is 2.34. The lowest BCUT2D eigenvalue weighted by Gasteiger charge is -2.16. The van der Waals surface area contributed by atoms with Crippen LogP contribution in [0.3, 0.4) is 0 Å². The van der Waals surface area contributed by atoms with Gasteiger partial charge in [-0.25, -0.2) is 18.1 Å². The summed E-state index contributed by atoms with van der Waals surface area (Å²) in [5, 5.41) is 9.38.